The SMILES string of the molecule is COCCCOc1ccc(-c2c(C(=O)O)c(N)[nH]c(=O)c2C(=O)O)cc1. The number of nitrogen functional groups attached to an aromatic ring is 1. The van der Waals surface area contributed by atoms with Crippen molar-refractivity contribution in [3.05, 3.63) is 45.7 Å². The highest BCUT2D eigenvalue weighted by molar-refractivity contribution is 6.07. The molecule has 1 aromatic carbocycles. The number of hydrogen-bond donors (Lipinski definition) is 4. The number of pyridine rings is 1. The summed E-state index contributed by atoms with van der Waals surface area (Å²) in [5, 5.41) is 18.7. The molecule has 0 amide bonds. The van der Waals surface area contributed by atoms with Gasteiger partial charge >= 0.3 is 11.9 Å². The molecule has 2 rings (SSSR count). The second kappa shape index (κ2) is 8.17. The second-order valence-corrected chi connectivity index (χ2v) is 5.32. The van der Waals surface area contributed by atoms with Gasteiger partial charge in [0.15, 0.2) is 0 Å². The van der Waals surface area contributed by atoms with Gasteiger partial charge in [0.25, 0.3) is 5.56 Å². The Morgan fingerprint density at radius 2 is 1.69 bits per heavy atom. The van der Waals surface area contributed by atoms with Crippen LogP contribution in [0.15, 0.2) is 29.1 Å². The van der Waals surface area contributed by atoms with Gasteiger partial charge < -0.3 is 30.4 Å². The van der Waals surface area contributed by atoms with Gasteiger partial charge in [-0.25, -0.2) is 9.59 Å². The van der Waals surface area contributed by atoms with Crippen molar-refractivity contribution in [2.75, 3.05) is 26.1 Å². The molecule has 0 saturated heterocycles. The molecule has 2 aromatic rings. The van der Waals surface area contributed by atoms with E-state index in [1.54, 1.807) is 19.2 Å². The minimum Gasteiger partial charge on any atom is -0.494 e. The van der Waals surface area contributed by atoms with Crippen LogP contribution in [-0.2, 0) is 4.74 Å². The molecule has 0 saturated carbocycles. The first-order valence-electron chi connectivity index (χ1n) is 7.61. The maximum atomic E-state index is 12.0. The van der Waals surface area contributed by atoms with Crippen LogP contribution < -0.4 is 16.0 Å². The zero-order chi connectivity index (χ0) is 19.3. The number of nitrogens with one attached hydrogen (secondary N) is 1. The van der Waals surface area contributed by atoms with E-state index in [0.29, 0.717) is 25.4 Å². The summed E-state index contributed by atoms with van der Waals surface area (Å²) in [4.78, 5) is 37.1. The van der Waals surface area contributed by atoms with E-state index < -0.39 is 34.4 Å². The maximum absolute atomic E-state index is 12.0. The third-order valence-electron chi connectivity index (χ3n) is 3.58. The lowest BCUT2D eigenvalue weighted by molar-refractivity contribution is 0.0695. The summed E-state index contributed by atoms with van der Waals surface area (Å²) >= 11 is 0. The monoisotopic (exact) mass is 362 g/mol. The number of hydrogen-bond acceptors (Lipinski definition) is 6. The largest absolute Gasteiger partial charge is 0.494 e. The van der Waals surface area contributed by atoms with Crippen LogP contribution in [0.5, 0.6) is 5.75 Å². The van der Waals surface area contributed by atoms with Gasteiger partial charge in [0.2, 0.25) is 0 Å². The van der Waals surface area contributed by atoms with Gasteiger partial charge in [-0.15, -0.1) is 0 Å². The standard InChI is InChI=1S/C17H18N2O7/c1-25-7-2-8-26-10-5-3-9(4-6-10)11-12(16(21)22)14(18)19-15(20)13(11)17(23)24/h3-6H,2,7-8H2,1H3,(H,21,22)(H,23,24)(H3,18,19,20). The molecule has 9 heteroatoms. The summed E-state index contributed by atoms with van der Waals surface area (Å²) in [5.74, 6) is -2.90. The van der Waals surface area contributed by atoms with Crippen LogP contribution in [0.4, 0.5) is 5.82 Å². The Balaban J connectivity index is 2.48. The maximum Gasteiger partial charge on any atom is 0.342 e. The molecule has 138 valence electrons. The number of methoxy groups -OCH3 is 1. The Morgan fingerprint density at radius 1 is 1.08 bits per heavy atom. The van der Waals surface area contributed by atoms with Gasteiger partial charge in [-0.1, -0.05) is 12.1 Å². The molecular formula is C17H18N2O7. The van der Waals surface area contributed by atoms with Crippen molar-refractivity contribution in [1.82, 2.24) is 4.98 Å². The summed E-state index contributed by atoms with van der Waals surface area (Å²) in [6, 6.07) is 6.05. The van der Waals surface area contributed by atoms with Crippen molar-refractivity contribution in [2.45, 2.75) is 6.42 Å². The first-order chi connectivity index (χ1) is 12.4. The summed E-state index contributed by atoms with van der Waals surface area (Å²) in [5.41, 5.74) is 3.42. The average Bonchev–Trinajstić information content (AvgIpc) is 2.57. The van der Waals surface area contributed by atoms with E-state index in [4.69, 9.17) is 15.2 Å². The van der Waals surface area contributed by atoms with E-state index in [0.717, 1.165) is 0 Å². The number of aromatic nitrogens is 1. The zero-order valence-electron chi connectivity index (χ0n) is 13.9. The fraction of sp³-hybridized carbons (Fsp3) is 0.235. The number of carboxylic acid groups (broad SMARTS) is 2. The molecule has 0 atom stereocenters. The Bertz CT molecular complexity index is 872. The fourth-order valence-electron chi connectivity index (χ4n) is 2.45. The average molecular weight is 362 g/mol. The molecule has 0 aliphatic carbocycles. The molecular weight excluding hydrogens is 344 g/mol. The van der Waals surface area contributed by atoms with Crippen LogP contribution in [0.25, 0.3) is 11.1 Å². The first-order valence-corrected chi connectivity index (χ1v) is 7.61. The van der Waals surface area contributed by atoms with E-state index in [1.165, 1.54) is 12.1 Å². The highest BCUT2D eigenvalue weighted by Gasteiger charge is 2.26. The number of nitrogens with two attached hydrogens (primary N) is 1. The smallest absolute Gasteiger partial charge is 0.342 e. The van der Waals surface area contributed by atoms with Gasteiger partial charge in [0.05, 0.1) is 6.61 Å². The molecule has 0 aliphatic rings. The first kappa shape index (κ1) is 19.0. The summed E-state index contributed by atoms with van der Waals surface area (Å²) < 4.78 is 10.4. The van der Waals surface area contributed by atoms with Crippen molar-refractivity contribution in [2.24, 2.45) is 0 Å². The van der Waals surface area contributed by atoms with Gasteiger partial charge in [-0.3, -0.25) is 4.79 Å². The number of carbonyl (C=O) groups is 2. The van der Waals surface area contributed by atoms with Gasteiger partial charge in [0, 0.05) is 25.7 Å². The number of carboxylic acids is 2. The predicted octanol–water partition coefficient (Wildman–Crippen LogP) is 1.44. The molecule has 0 bridgehead atoms. The lowest BCUT2D eigenvalue weighted by Crippen LogP contribution is -2.24. The van der Waals surface area contributed by atoms with Crippen LogP contribution in [0.3, 0.4) is 0 Å². The Morgan fingerprint density at radius 3 is 2.23 bits per heavy atom. The molecule has 0 radical (unpaired) electrons. The highest BCUT2D eigenvalue weighted by Crippen LogP contribution is 2.30. The third kappa shape index (κ3) is 4.01. The summed E-state index contributed by atoms with van der Waals surface area (Å²) in [6.45, 7) is 0.972. The van der Waals surface area contributed by atoms with Crippen molar-refractivity contribution in [1.29, 1.82) is 0 Å². The number of aromatic amines is 1. The normalized spacial score (nSPS) is 10.5. The molecule has 0 spiro atoms. The molecule has 1 heterocycles. The molecule has 0 aliphatic heterocycles. The fourth-order valence-corrected chi connectivity index (χ4v) is 2.45. The number of benzene rings is 1. The number of rotatable bonds is 8. The second-order valence-electron chi connectivity index (χ2n) is 5.32. The lowest BCUT2D eigenvalue weighted by atomic mass is 9.95. The molecule has 26 heavy (non-hydrogen) atoms. The number of aromatic carboxylic acids is 2. The van der Waals surface area contributed by atoms with E-state index in [1.807, 2.05) is 0 Å². The van der Waals surface area contributed by atoms with Crippen LogP contribution in [0.1, 0.15) is 27.1 Å². The quantitative estimate of drug-likeness (QED) is 0.515. The van der Waals surface area contributed by atoms with Crippen LogP contribution in [0.2, 0.25) is 0 Å². The summed E-state index contributed by atoms with van der Waals surface area (Å²) in [6.07, 6.45) is 0.690. The Kier molecular flexibility index (Phi) is 5.97. The molecule has 0 unspecified atom stereocenters. The zero-order valence-corrected chi connectivity index (χ0v) is 13.9. The topological polar surface area (TPSA) is 152 Å². The molecule has 1 aromatic heterocycles. The van der Waals surface area contributed by atoms with Crippen LogP contribution in [-0.4, -0.2) is 47.5 Å². The van der Waals surface area contributed by atoms with Crippen LogP contribution in [0, 0.1) is 0 Å². The van der Waals surface area contributed by atoms with Crippen molar-refractivity contribution in [3.63, 3.8) is 0 Å². The highest BCUT2D eigenvalue weighted by atomic mass is 16.5. The minimum absolute atomic E-state index is 0.224. The minimum atomic E-state index is -1.55. The predicted molar refractivity (Wildman–Crippen MR) is 92.8 cm³/mol. The molecule has 9 nitrogen and oxygen atoms in total. The third-order valence-corrected chi connectivity index (χ3v) is 3.58. The lowest BCUT2D eigenvalue weighted by Gasteiger charge is -2.13. The van der Waals surface area contributed by atoms with Crippen molar-refractivity contribution >= 4 is 17.8 Å². The van der Waals surface area contributed by atoms with E-state index in [9.17, 15) is 24.6 Å². The number of ether oxygens (including phenoxy) is 2. The van der Waals surface area contributed by atoms with Crippen molar-refractivity contribution < 1.29 is 29.3 Å². The van der Waals surface area contributed by atoms with Crippen molar-refractivity contribution in [3.8, 4) is 16.9 Å². The number of H-pyrrole nitrogens is 1. The van der Waals surface area contributed by atoms with Gasteiger partial charge in [-0.05, 0) is 17.7 Å². The van der Waals surface area contributed by atoms with Gasteiger partial charge in [0.1, 0.15) is 22.7 Å². The Hall–Kier alpha value is -3.33. The summed E-state index contributed by atoms with van der Waals surface area (Å²) in [7, 11) is 1.59. The molecule has 0 fully saturated rings. The van der Waals surface area contributed by atoms with E-state index in [2.05, 4.69) is 4.98 Å². The van der Waals surface area contributed by atoms with E-state index in [-0.39, 0.29) is 11.1 Å². The van der Waals surface area contributed by atoms with Crippen LogP contribution >= 0.6 is 0 Å². The molecule has 5 N–H and O–H groups in total. The number of anilines is 1. The van der Waals surface area contributed by atoms with Gasteiger partial charge in [-0.2, -0.15) is 0 Å². The Labute approximate surface area is 148 Å². The van der Waals surface area contributed by atoms with E-state index >= 15 is 0 Å².